The maximum absolute atomic E-state index is 14.1. The predicted molar refractivity (Wildman–Crippen MR) is 126 cm³/mol. The molecule has 0 saturated carbocycles. The Labute approximate surface area is 190 Å². The Morgan fingerprint density at radius 1 is 0.938 bits per heavy atom. The number of rotatable bonds is 5. The van der Waals surface area contributed by atoms with E-state index in [0.717, 1.165) is 5.56 Å². The molecule has 0 radical (unpaired) electrons. The maximum Gasteiger partial charge on any atom is 0.251 e. The summed E-state index contributed by atoms with van der Waals surface area (Å²) in [6.07, 6.45) is 0. The molecule has 1 fully saturated rings. The molecule has 1 unspecified atom stereocenters. The van der Waals surface area contributed by atoms with Crippen LogP contribution in [0.2, 0.25) is 0 Å². The third-order valence-corrected chi connectivity index (χ3v) is 6.02. The van der Waals surface area contributed by atoms with E-state index < -0.39 is 6.04 Å². The van der Waals surface area contributed by atoms with E-state index in [1.54, 1.807) is 17.0 Å². The lowest BCUT2D eigenvalue weighted by molar-refractivity contribution is -0.134. The second kappa shape index (κ2) is 9.72. The molecule has 32 heavy (non-hydrogen) atoms. The van der Waals surface area contributed by atoms with Crippen LogP contribution in [-0.4, -0.2) is 48.9 Å². The van der Waals surface area contributed by atoms with Crippen LogP contribution in [0.3, 0.4) is 0 Å². The Kier molecular flexibility index (Phi) is 7.22. The zero-order chi connectivity index (χ0) is 23.5. The van der Waals surface area contributed by atoms with Gasteiger partial charge in [0, 0.05) is 31.7 Å². The fraction of sp³-hybridized carbons (Fsp3) is 0.462. The molecule has 1 heterocycles. The van der Waals surface area contributed by atoms with Crippen molar-refractivity contribution in [2.75, 3.05) is 31.1 Å². The van der Waals surface area contributed by atoms with Gasteiger partial charge in [0.15, 0.2) is 0 Å². The molecule has 1 atom stereocenters. The fourth-order valence-electron chi connectivity index (χ4n) is 3.93. The number of nitrogens with zero attached hydrogens (tertiary/aromatic N) is 2. The number of hydrogen-bond acceptors (Lipinski definition) is 3. The molecular weight excluding hydrogens is 405 g/mol. The number of carbonyl (C=O) groups excluding carboxylic acids is 2. The molecule has 0 bridgehead atoms. The average molecular weight is 440 g/mol. The van der Waals surface area contributed by atoms with Gasteiger partial charge in [-0.15, -0.1) is 0 Å². The van der Waals surface area contributed by atoms with Crippen LogP contribution in [0.1, 0.15) is 50.5 Å². The molecule has 0 aromatic heterocycles. The molecule has 6 heteroatoms. The number of hydrogen-bond donors (Lipinski definition) is 1. The van der Waals surface area contributed by atoms with E-state index in [1.165, 1.54) is 6.07 Å². The van der Waals surface area contributed by atoms with Gasteiger partial charge in [0.05, 0.1) is 5.69 Å². The van der Waals surface area contributed by atoms with E-state index in [-0.39, 0.29) is 29.0 Å². The quantitative estimate of drug-likeness (QED) is 0.759. The number of piperazine rings is 1. The molecule has 172 valence electrons. The number of amides is 2. The van der Waals surface area contributed by atoms with Gasteiger partial charge in [0.2, 0.25) is 5.91 Å². The summed E-state index contributed by atoms with van der Waals surface area (Å²) in [6.45, 7) is 12.3. The second-order valence-corrected chi connectivity index (χ2v) is 9.79. The average Bonchev–Trinajstić information content (AvgIpc) is 2.76. The first kappa shape index (κ1) is 23.8. The first-order valence-electron chi connectivity index (χ1n) is 11.3. The van der Waals surface area contributed by atoms with E-state index in [0.29, 0.717) is 37.4 Å². The maximum atomic E-state index is 14.1. The Balaban J connectivity index is 1.64. The van der Waals surface area contributed by atoms with E-state index in [9.17, 15) is 14.0 Å². The van der Waals surface area contributed by atoms with E-state index in [1.807, 2.05) is 49.1 Å². The van der Waals surface area contributed by atoms with Crippen LogP contribution in [-0.2, 0) is 10.2 Å². The number of benzene rings is 2. The summed E-state index contributed by atoms with van der Waals surface area (Å²) in [7, 11) is 0. The van der Waals surface area contributed by atoms with Crippen molar-refractivity contribution in [2.24, 2.45) is 5.92 Å². The molecule has 1 saturated heterocycles. The van der Waals surface area contributed by atoms with Crippen molar-refractivity contribution in [1.29, 1.82) is 0 Å². The zero-order valence-corrected chi connectivity index (χ0v) is 19.7. The highest BCUT2D eigenvalue weighted by Crippen LogP contribution is 2.23. The number of anilines is 1. The predicted octanol–water partition coefficient (Wildman–Crippen LogP) is 4.23. The van der Waals surface area contributed by atoms with Crippen LogP contribution in [0, 0.1) is 11.7 Å². The van der Waals surface area contributed by atoms with Gasteiger partial charge in [-0.05, 0) is 41.2 Å². The number of carbonyl (C=O) groups is 2. The van der Waals surface area contributed by atoms with Crippen molar-refractivity contribution in [3.63, 3.8) is 0 Å². The van der Waals surface area contributed by atoms with E-state index in [2.05, 4.69) is 26.1 Å². The SMILES string of the molecule is CC(C)C(NC(=O)c1ccc(C(C)(C)C)cc1)C(=O)N1CCN(c2ccccc2F)CC1. The Hall–Kier alpha value is -2.89. The Bertz CT molecular complexity index is 942. The highest BCUT2D eigenvalue weighted by atomic mass is 19.1. The molecule has 3 rings (SSSR count). The standard InChI is InChI=1S/C26H34FN3O2/c1-18(2)23(28-24(31)19-10-12-20(13-11-19)26(3,4)5)25(32)30-16-14-29(15-17-30)22-9-7-6-8-21(22)27/h6-13,18,23H,14-17H2,1-5H3,(H,28,31). The van der Waals surface area contributed by atoms with E-state index in [4.69, 9.17) is 0 Å². The minimum absolute atomic E-state index is 0.0102. The minimum Gasteiger partial charge on any atom is -0.366 e. The summed E-state index contributed by atoms with van der Waals surface area (Å²) in [5, 5.41) is 2.94. The summed E-state index contributed by atoms with van der Waals surface area (Å²) < 4.78 is 14.1. The lowest BCUT2D eigenvalue weighted by Crippen LogP contribution is -2.56. The topological polar surface area (TPSA) is 52.7 Å². The molecule has 1 aliphatic heterocycles. The third kappa shape index (κ3) is 5.47. The van der Waals surface area contributed by atoms with Gasteiger partial charge in [-0.1, -0.05) is 58.9 Å². The third-order valence-electron chi connectivity index (χ3n) is 6.02. The monoisotopic (exact) mass is 439 g/mol. The summed E-state index contributed by atoms with van der Waals surface area (Å²) in [5.74, 6) is -0.641. The van der Waals surface area contributed by atoms with Crippen LogP contribution < -0.4 is 10.2 Å². The van der Waals surface area contributed by atoms with E-state index >= 15 is 0 Å². The van der Waals surface area contributed by atoms with Crippen molar-refractivity contribution < 1.29 is 14.0 Å². The summed E-state index contributed by atoms with van der Waals surface area (Å²) in [4.78, 5) is 29.8. The first-order chi connectivity index (χ1) is 15.1. The molecule has 1 aliphatic rings. The fourth-order valence-corrected chi connectivity index (χ4v) is 3.93. The van der Waals surface area contributed by atoms with Crippen molar-refractivity contribution in [2.45, 2.75) is 46.1 Å². The van der Waals surface area contributed by atoms with Gasteiger partial charge < -0.3 is 15.1 Å². The molecule has 2 aromatic carbocycles. The summed E-state index contributed by atoms with van der Waals surface area (Å²) >= 11 is 0. The van der Waals surface area contributed by atoms with Gasteiger partial charge >= 0.3 is 0 Å². The Morgan fingerprint density at radius 2 is 1.53 bits per heavy atom. The summed E-state index contributed by atoms with van der Waals surface area (Å²) in [6, 6.07) is 13.6. The molecule has 5 nitrogen and oxygen atoms in total. The van der Waals surface area contributed by atoms with Gasteiger partial charge in [-0.3, -0.25) is 9.59 Å². The minimum atomic E-state index is -0.607. The zero-order valence-electron chi connectivity index (χ0n) is 19.7. The first-order valence-corrected chi connectivity index (χ1v) is 11.3. The van der Waals surface area contributed by atoms with Crippen LogP contribution >= 0.6 is 0 Å². The second-order valence-electron chi connectivity index (χ2n) is 9.79. The highest BCUT2D eigenvalue weighted by molar-refractivity contribution is 5.97. The van der Waals surface area contributed by atoms with Gasteiger partial charge in [0.25, 0.3) is 5.91 Å². The molecule has 2 aromatic rings. The smallest absolute Gasteiger partial charge is 0.251 e. The number of para-hydroxylation sites is 1. The molecular formula is C26H34FN3O2. The van der Waals surface area contributed by atoms with Crippen LogP contribution in [0.5, 0.6) is 0 Å². The summed E-state index contributed by atoms with van der Waals surface area (Å²) in [5.41, 5.74) is 2.27. The van der Waals surface area contributed by atoms with Crippen molar-refractivity contribution >= 4 is 17.5 Å². The molecule has 1 N–H and O–H groups in total. The molecule has 2 amide bonds. The largest absolute Gasteiger partial charge is 0.366 e. The van der Waals surface area contributed by atoms with Crippen molar-refractivity contribution in [1.82, 2.24) is 10.2 Å². The molecule has 0 spiro atoms. The number of nitrogens with one attached hydrogen (secondary N) is 1. The van der Waals surface area contributed by atoms with Crippen LogP contribution in [0.4, 0.5) is 10.1 Å². The van der Waals surface area contributed by atoms with Gasteiger partial charge in [0.1, 0.15) is 11.9 Å². The van der Waals surface area contributed by atoms with Crippen LogP contribution in [0.25, 0.3) is 0 Å². The lowest BCUT2D eigenvalue weighted by Gasteiger charge is -2.38. The van der Waals surface area contributed by atoms with Crippen molar-refractivity contribution in [3.8, 4) is 0 Å². The molecule has 0 aliphatic carbocycles. The normalized spacial score (nSPS) is 15.6. The van der Waals surface area contributed by atoms with Crippen LogP contribution in [0.15, 0.2) is 48.5 Å². The Morgan fingerprint density at radius 3 is 2.06 bits per heavy atom. The number of halogens is 1. The van der Waals surface area contributed by atoms with Gasteiger partial charge in [-0.2, -0.15) is 0 Å². The van der Waals surface area contributed by atoms with Crippen molar-refractivity contribution in [3.05, 3.63) is 65.5 Å². The lowest BCUT2D eigenvalue weighted by atomic mass is 9.86. The highest BCUT2D eigenvalue weighted by Gasteiger charge is 2.31. The van der Waals surface area contributed by atoms with Gasteiger partial charge in [-0.25, -0.2) is 4.39 Å².